The summed E-state index contributed by atoms with van der Waals surface area (Å²) < 4.78 is 5.79. The number of ether oxygens (including phenoxy) is 1. The molecule has 0 aliphatic carbocycles. The smallest absolute Gasteiger partial charge is 0.129 e. The van der Waals surface area contributed by atoms with Gasteiger partial charge in [0.2, 0.25) is 0 Å². The van der Waals surface area contributed by atoms with Gasteiger partial charge in [-0.2, -0.15) is 0 Å². The maximum atomic E-state index is 5.79. The number of para-hydroxylation sites is 1. The predicted octanol–water partition coefficient (Wildman–Crippen LogP) is 3.07. The number of thiocarbonyl (C=S) groups is 1. The lowest BCUT2D eigenvalue weighted by Gasteiger charge is -2.20. The van der Waals surface area contributed by atoms with E-state index in [1.807, 2.05) is 24.3 Å². The average molecular weight is 294 g/mol. The highest BCUT2D eigenvalue weighted by Gasteiger charge is 2.06. The molecule has 1 aromatic carbocycles. The Bertz CT molecular complexity index is 423. The molecule has 2 N–H and O–H groups in total. The number of rotatable bonds is 9. The maximum absolute atomic E-state index is 5.79. The maximum Gasteiger partial charge on any atom is 0.129 e. The van der Waals surface area contributed by atoms with Crippen LogP contribution in [0.4, 0.5) is 0 Å². The van der Waals surface area contributed by atoms with E-state index in [-0.39, 0.29) is 0 Å². The van der Waals surface area contributed by atoms with E-state index in [4.69, 9.17) is 22.7 Å². The van der Waals surface area contributed by atoms with E-state index in [9.17, 15) is 0 Å². The van der Waals surface area contributed by atoms with Gasteiger partial charge in [0.25, 0.3) is 0 Å². The second-order valence-corrected chi connectivity index (χ2v) is 5.78. The molecular weight excluding hydrogens is 268 g/mol. The van der Waals surface area contributed by atoms with Crippen LogP contribution in [-0.2, 0) is 0 Å². The molecule has 0 amide bonds. The zero-order valence-corrected chi connectivity index (χ0v) is 13.6. The molecule has 0 fully saturated rings. The van der Waals surface area contributed by atoms with Crippen molar-refractivity contribution in [3.05, 3.63) is 29.8 Å². The highest BCUT2D eigenvalue weighted by Crippen LogP contribution is 2.17. The Balaban J connectivity index is 2.33. The minimum Gasteiger partial charge on any atom is -0.493 e. The predicted molar refractivity (Wildman–Crippen MR) is 89.4 cm³/mol. The summed E-state index contributed by atoms with van der Waals surface area (Å²) in [5, 5.41) is 0. The molecule has 0 spiro atoms. The monoisotopic (exact) mass is 294 g/mol. The van der Waals surface area contributed by atoms with E-state index >= 15 is 0 Å². The van der Waals surface area contributed by atoms with E-state index < -0.39 is 0 Å². The Morgan fingerprint density at radius 3 is 2.75 bits per heavy atom. The fraction of sp³-hybridized carbons (Fsp3) is 0.562. The van der Waals surface area contributed by atoms with Crippen molar-refractivity contribution >= 4 is 17.2 Å². The molecule has 1 unspecified atom stereocenters. The lowest BCUT2D eigenvalue weighted by Crippen LogP contribution is -2.26. The van der Waals surface area contributed by atoms with E-state index in [0.29, 0.717) is 11.6 Å². The first-order valence-electron chi connectivity index (χ1n) is 7.24. The second kappa shape index (κ2) is 8.93. The lowest BCUT2D eigenvalue weighted by atomic mass is 10.1. The first kappa shape index (κ1) is 16.9. The molecule has 0 heterocycles. The first-order chi connectivity index (χ1) is 9.54. The summed E-state index contributed by atoms with van der Waals surface area (Å²) in [5.74, 6) is 1.53. The summed E-state index contributed by atoms with van der Waals surface area (Å²) in [7, 11) is 2.16. The highest BCUT2D eigenvalue weighted by atomic mass is 32.1. The molecule has 0 aliphatic heterocycles. The van der Waals surface area contributed by atoms with Crippen LogP contribution in [0.25, 0.3) is 0 Å². The fourth-order valence-corrected chi connectivity index (χ4v) is 2.23. The van der Waals surface area contributed by atoms with Gasteiger partial charge in [0.15, 0.2) is 0 Å². The number of nitrogens with zero attached hydrogens (tertiary/aromatic N) is 1. The molecule has 3 nitrogen and oxygen atoms in total. The van der Waals surface area contributed by atoms with Gasteiger partial charge in [0.1, 0.15) is 10.7 Å². The Morgan fingerprint density at radius 1 is 1.40 bits per heavy atom. The number of hydrogen-bond acceptors (Lipinski definition) is 3. The first-order valence-corrected chi connectivity index (χ1v) is 7.65. The van der Waals surface area contributed by atoms with Crippen molar-refractivity contribution < 1.29 is 4.74 Å². The van der Waals surface area contributed by atoms with Crippen LogP contribution < -0.4 is 10.5 Å². The van der Waals surface area contributed by atoms with Crippen molar-refractivity contribution in [2.24, 2.45) is 11.7 Å². The molecule has 0 aromatic heterocycles. The second-order valence-electron chi connectivity index (χ2n) is 5.34. The van der Waals surface area contributed by atoms with Gasteiger partial charge in [-0.25, -0.2) is 0 Å². The SMILES string of the molecule is CCC(C)CN(C)CCCOc1ccccc1C(N)=S. The van der Waals surface area contributed by atoms with Crippen molar-refractivity contribution in [1.29, 1.82) is 0 Å². The average Bonchev–Trinajstić information content (AvgIpc) is 2.43. The highest BCUT2D eigenvalue weighted by molar-refractivity contribution is 7.80. The number of hydrogen-bond donors (Lipinski definition) is 1. The van der Waals surface area contributed by atoms with Crippen LogP contribution in [0.3, 0.4) is 0 Å². The zero-order valence-electron chi connectivity index (χ0n) is 12.8. The normalized spacial score (nSPS) is 12.4. The van der Waals surface area contributed by atoms with Gasteiger partial charge < -0.3 is 15.4 Å². The molecule has 4 heteroatoms. The molecule has 1 aromatic rings. The van der Waals surface area contributed by atoms with E-state index in [2.05, 4.69) is 25.8 Å². The molecule has 0 radical (unpaired) electrons. The molecule has 0 aliphatic rings. The Kier molecular flexibility index (Phi) is 7.55. The summed E-state index contributed by atoms with van der Waals surface area (Å²) in [4.78, 5) is 2.74. The van der Waals surface area contributed by atoms with Gasteiger partial charge >= 0.3 is 0 Å². The summed E-state index contributed by atoms with van der Waals surface area (Å²) in [5.41, 5.74) is 6.50. The van der Waals surface area contributed by atoms with Gasteiger partial charge in [0, 0.05) is 13.1 Å². The molecule has 0 bridgehead atoms. The van der Waals surface area contributed by atoms with E-state index in [0.717, 1.165) is 36.7 Å². The topological polar surface area (TPSA) is 38.5 Å². The zero-order chi connectivity index (χ0) is 15.0. The number of nitrogens with two attached hydrogens (primary N) is 1. The molecule has 0 saturated heterocycles. The standard InChI is InChI=1S/C16H26N2OS/c1-4-13(2)12-18(3)10-7-11-19-15-9-6-5-8-14(15)16(17)20/h5-6,8-9,13H,4,7,10-12H2,1-3H3,(H2,17,20). The van der Waals surface area contributed by atoms with Crippen molar-refractivity contribution in [3.63, 3.8) is 0 Å². The van der Waals surface area contributed by atoms with Crippen molar-refractivity contribution in [2.45, 2.75) is 26.7 Å². The molecular formula is C16H26N2OS. The van der Waals surface area contributed by atoms with Crippen LogP contribution in [0.15, 0.2) is 24.3 Å². The van der Waals surface area contributed by atoms with E-state index in [1.54, 1.807) is 0 Å². The van der Waals surface area contributed by atoms with Crippen LogP contribution in [0, 0.1) is 5.92 Å². The third-order valence-electron chi connectivity index (χ3n) is 3.41. The van der Waals surface area contributed by atoms with Gasteiger partial charge in [-0.1, -0.05) is 44.6 Å². The van der Waals surface area contributed by atoms with Crippen LogP contribution in [0.5, 0.6) is 5.75 Å². The van der Waals surface area contributed by atoms with Crippen LogP contribution in [0.2, 0.25) is 0 Å². The molecule has 1 rings (SSSR count). The van der Waals surface area contributed by atoms with Crippen molar-refractivity contribution in [3.8, 4) is 5.75 Å². The van der Waals surface area contributed by atoms with Crippen molar-refractivity contribution in [2.75, 3.05) is 26.7 Å². The summed E-state index contributed by atoms with van der Waals surface area (Å²) in [6.45, 7) is 7.38. The summed E-state index contributed by atoms with van der Waals surface area (Å²) >= 11 is 5.02. The Morgan fingerprint density at radius 2 is 2.10 bits per heavy atom. The summed E-state index contributed by atoms with van der Waals surface area (Å²) in [6.07, 6.45) is 2.22. The molecule has 112 valence electrons. The van der Waals surface area contributed by atoms with Crippen molar-refractivity contribution in [1.82, 2.24) is 4.90 Å². The minimum atomic E-state index is 0.384. The summed E-state index contributed by atoms with van der Waals surface area (Å²) in [6, 6.07) is 7.66. The largest absolute Gasteiger partial charge is 0.493 e. The number of benzene rings is 1. The van der Waals surface area contributed by atoms with Gasteiger partial charge in [-0.05, 0) is 31.5 Å². The molecule has 20 heavy (non-hydrogen) atoms. The minimum absolute atomic E-state index is 0.384. The van der Waals surface area contributed by atoms with Crippen LogP contribution in [0.1, 0.15) is 32.3 Å². The molecule has 1 atom stereocenters. The molecule has 0 saturated carbocycles. The Labute approximate surface area is 128 Å². The quantitative estimate of drug-likeness (QED) is 0.561. The van der Waals surface area contributed by atoms with Gasteiger partial charge in [-0.3, -0.25) is 0 Å². The lowest BCUT2D eigenvalue weighted by molar-refractivity contribution is 0.241. The van der Waals surface area contributed by atoms with Crippen LogP contribution in [-0.4, -0.2) is 36.6 Å². The fourth-order valence-electron chi connectivity index (χ4n) is 2.07. The van der Waals surface area contributed by atoms with Gasteiger partial charge in [-0.15, -0.1) is 0 Å². The van der Waals surface area contributed by atoms with E-state index in [1.165, 1.54) is 6.42 Å². The third kappa shape index (κ3) is 5.88. The Hall–Kier alpha value is -1.13. The van der Waals surface area contributed by atoms with Gasteiger partial charge in [0.05, 0.1) is 12.2 Å². The van der Waals surface area contributed by atoms with Crippen LogP contribution >= 0.6 is 12.2 Å². The third-order valence-corrected chi connectivity index (χ3v) is 3.63.